The Labute approximate surface area is 108 Å². The molecule has 0 aromatic carbocycles. The van der Waals surface area contributed by atoms with Gasteiger partial charge in [-0.05, 0) is 0 Å². The van der Waals surface area contributed by atoms with Crippen molar-refractivity contribution in [3.63, 3.8) is 0 Å². The number of rotatable bonds is 2. The molecule has 0 amide bonds. The van der Waals surface area contributed by atoms with Crippen LogP contribution in [0.5, 0.6) is 0 Å². The Kier molecular flexibility index (Phi) is 3.62. The fourth-order valence-electron chi connectivity index (χ4n) is 2.13. The lowest BCUT2D eigenvalue weighted by atomic mass is 10.2. The molecule has 1 saturated heterocycles. The third kappa shape index (κ3) is 2.12. The Morgan fingerprint density at radius 3 is 2.89 bits per heavy atom. The second-order valence-corrected chi connectivity index (χ2v) is 4.20. The largest absolute Gasteiger partial charge is 0.412 e. The van der Waals surface area contributed by atoms with E-state index >= 15 is 0 Å². The van der Waals surface area contributed by atoms with Crippen LogP contribution in [0.4, 0.5) is 5.82 Å². The second-order valence-electron chi connectivity index (χ2n) is 4.20. The summed E-state index contributed by atoms with van der Waals surface area (Å²) >= 11 is 0. The molecule has 6 N–H and O–H groups in total. The lowest BCUT2D eigenvalue weighted by Gasteiger charge is -2.13. The molecule has 0 radical (unpaired) electrons. The molecule has 1 fully saturated rings. The average molecular weight is 269 g/mol. The number of hydrogen-bond acceptors (Lipinski definition) is 7. The Morgan fingerprint density at radius 1 is 1.42 bits per heavy atom. The maximum Gasteiger partial charge on any atom is 0.167 e. The van der Waals surface area contributed by atoms with E-state index < -0.39 is 18.4 Å². The maximum absolute atomic E-state index is 9.71. The van der Waals surface area contributed by atoms with Crippen LogP contribution in [0.25, 0.3) is 11.2 Å². The fraction of sp³-hybridized carbons (Fsp3) is 0.500. The summed E-state index contributed by atoms with van der Waals surface area (Å²) in [5.41, 5.74) is 6.75. The van der Waals surface area contributed by atoms with Crippen LogP contribution < -0.4 is 5.73 Å². The van der Waals surface area contributed by atoms with Crippen LogP contribution in [0.2, 0.25) is 0 Å². The number of anilines is 1. The minimum absolute atomic E-state index is 0. The third-order valence-electron chi connectivity index (χ3n) is 3.08. The molecule has 1 aliphatic rings. The zero-order chi connectivity index (χ0) is 12.7. The van der Waals surface area contributed by atoms with Crippen molar-refractivity contribution in [1.29, 1.82) is 0 Å². The van der Waals surface area contributed by atoms with E-state index in [1.165, 1.54) is 6.33 Å². The van der Waals surface area contributed by atoms with Crippen LogP contribution in [0.1, 0.15) is 12.6 Å². The van der Waals surface area contributed by atoms with E-state index in [0.29, 0.717) is 23.4 Å². The van der Waals surface area contributed by atoms with Crippen molar-refractivity contribution in [2.75, 3.05) is 12.3 Å². The zero-order valence-corrected chi connectivity index (χ0v) is 9.97. The van der Waals surface area contributed by atoms with Gasteiger partial charge in [0.1, 0.15) is 24.2 Å². The molecule has 3 unspecified atom stereocenters. The summed E-state index contributed by atoms with van der Waals surface area (Å²) in [5.74, 6) is 0.302. The predicted molar refractivity (Wildman–Crippen MR) is 65.0 cm³/mol. The molecule has 3 heterocycles. The Hall–Kier alpha value is -1.81. The Morgan fingerprint density at radius 2 is 2.21 bits per heavy atom. The first-order valence-corrected chi connectivity index (χ1v) is 5.58. The van der Waals surface area contributed by atoms with Gasteiger partial charge >= 0.3 is 0 Å². The molecule has 0 bridgehead atoms. The van der Waals surface area contributed by atoms with Gasteiger partial charge in [-0.3, -0.25) is 4.57 Å². The van der Waals surface area contributed by atoms with Gasteiger partial charge in [-0.25, -0.2) is 15.0 Å². The molecule has 9 nitrogen and oxygen atoms in total. The van der Waals surface area contributed by atoms with E-state index in [9.17, 15) is 5.11 Å². The van der Waals surface area contributed by atoms with Crippen LogP contribution in [-0.2, 0) is 4.74 Å². The molecule has 104 valence electrons. The van der Waals surface area contributed by atoms with Gasteiger partial charge in [-0.1, -0.05) is 0 Å². The number of imidazole rings is 1. The van der Waals surface area contributed by atoms with Crippen LogP contribution in [0, 0.1) is 0 Å². The van der Waals surface area contributed by atoms with E-state index in [-0.39, 0.29) is 12.1 Å². The Bertz CT molecular complexity index is 574. The molecule has 19 heavy (non-hydrogen) atoms. The Balaban J connectivity index is 0.00000133. The highest BCUT2D eigenvalue weighted by atomic mass is 16.5. The van der Waals surface area contributed by atoms with Crippen molar-refractivity contribution in [3.8, 4) is 0 Å². The molecule has 3 rings (SSSR count). The van der Waals surface area contributed by atoms with Gasteiger partial charge < -0.3 is 26.2 Å². The first kappa shape index (κ1) is 13.6. The summed E-state index contributed by atoms with van der Waals surface area (Å²) in [7, 11) is 0. The molecule has 1 aliphatic heterocycles. The van der Waals surface area contributed by atoms with Crippen LogP contribution in [-0.4, -0.2) is 54.0 Å². The van der Waals surface area contributed by atoms with Crippen molar-refractivity contribution in [2.45, 2.75) is 24.9 Å². The molecule has 2 aromatic heterocycles. The first-order valence-electron chi connectivity index (χ1n) is 5.58. The number of hydrogen-bond donors (Lipinski definition) is 3. The number of aliphatic hydroxyl groups is 2. The molecule has 3 atom stereocenters. The van der Waals surface area contributed by atoms with Crippen LogP contribution in [0.3, 0.4) is 0 Å². The third-order valence-corrected chi connectivity index (χ3v) is 3.08. The number of aliphatic hydroxyl groups excluding tert-OH is 2. The summed E-state index contributed by atoms with van der Waals surface area (Å²) in [6.45, 7) is -0.221. The summed E-state index contributed by atoms with van der Waals surface area (Å²) in [5, 5.41) is 18.8. The number of ether oxygens (including phenoxy) is 1. The van der Waals surface area contributed by atoms with E-state index in [4.69, 9.17) is 15.6 Å². The highest BCUT2D eigenvalue weighted by Crippen LogP contribution is 2.30. The van der Waals surface area contributed by atoms with E-state index in [1.54, 1.807) is 10.9 Å². The van der Waals surface area contributed by atoms with Crippen LogP contribution in [0.15, 0.2) is 12.7 Å². The van der Waals surface area contributed by atoms with Gasteiger partial charge in [-0.2, -0.15) is 0 Å². The summed E-state index contributed by atoms with van der Waals surface area (Å²) in [6, 6.07) is 0. The second kappa shape index (κ2) is 5.05. The summed E-state index contributed by atoms with van der Waals surface area (Å²) in [4.78, 5) is 12.1. The molecule has 9 heteroatoms. The van der Waals surface area contributed by atoms with Gasteiger partial charge in [-0.15, -0.1) is 0 Å². The summed E-state index contributed by atoms with van der Waals surface area (Å²) < 4.78 is 7.22. The smallest absolute Gasteiger partial charge is 0.167 e. The molecule has 0 saturated carbocycles. The quantitative estimate of drug-likeness (QED) is 0.583. The minimum Gasteiger partial charge on any atom is -0.412 e. The highest BCUT2D eigenvalue weighted by Gasteiger charge is 2.35. The van der Waals surface area contributed by atoms with Crippen molar-refractivity contribution in [1.82, 2.24) is 19.5 Å². The molecule has 0 spiro atoms. The normalized spacial score (nSPS) is 26.5. The standard InChI is InChI=1S/C10H13N5O3.H2O/c11-9-8-10(13-3-12-9)15(4-14-8)7-1-5(17)6(2-16)18-7;/h3-7,16-17H,1-2H2,(H2,11,12,13);1H2. The predicted octanol–water partition coefficient (Wildman–Crippen LogP) is -1.78. The molecular weight excluding hydrogens is 254 g/mol. The van der Waals surface area contributed by atoms with Crippen molar-refractivity contribution in [2.24, 2.45) is 0 Å². The van der Waals surface area contributed by atoms with Gasteiger partial charge in [0.05, 0.1) is 19.0 Å². The SMILES string of the molecule is Nc1ncnc2c1ncn2C1CC(O)C(CO)O1.O. The van der Waals surface area contributed by atoms with E-state index in [1.807, 2.05) is 0 Å². The van der Waals surface area contributed by atoms with E-state index in [0.717, 1.165) is 0 Å². The lowest BCUT2D eigenvalue weighted by molar-refractivity contribution is -0.0432. The number of aromatic nitrogens is 4. The van der Waals surface area contributed by atoms with Crippen molar-refractivity contribution >= 4 is 17.0 Å². The minimum atomic E-state index is -0.698. The van der Waals surface area contributed by atoms with Crippen molar-refractivity contribution in [3.05, 3.63) is 12.7 Å². The number of fused-ring (bicyclic) bond motifs is 1. The number of nitrogens with zero attached hydrogens (tertiary/aromatic N) is 4. The topological polar surface area (TPSA) is 151 Å². The number of nitrogen functional groups attached to an aromatic ring is 1. The maximum atomic E-state index is 9.71. The highest BCUT2D eigenvalue weighted by molar-refractivity contribution is 5.81. The van der Waals surface area contributed by atoms with Gasteiger partial charge in [0, 0.05) is 6.42 Å². The number of nitrogens with two attached hydrogens (primary N) is 1. The summed E-state index contributed by atoms with van der Waals surface area (Å²) in [6.07, 6.45) is 1.60. The van der Waals surface area contributed by atoms with Gasteiger partial charge in [0.15, 0.2) is 11.5 Å². The lowest BCUT2D eigenvalue weighted by Crippen LogP contribution is -2.24. The molecular formula is C10H15N5O4. The average Bonchev–Trinajstić information content (AvgIpc) is 2.93. The van der Waals surface area contributed by atoms with Gasteiger partial charge in [0.2, 0.25) is 0 Å². The van der Waals surface area contributed by atoms with E-state index in [2.05, 4.69) is 15.0 Å². The first-order chi connectivity index (χ1) is 8.70. The van der Waals surface area contributed by atoms with Gasteiger partial charge in [0.25, 0.3) is 0 Å². The molecule has 0 aliphatic carbocycles. The monoisotopic (exact) mass is 269 g/mol. The fourth-order valence-corrected chi connectivity index (χ4v) is 2.13. The zero-order valence-electron chi connectivity index (χ0n) is 9.97. The van der Waals surface area contributed by atoms with Crippen LogP contribution >= 0.6 is 0 Å². The van der Waals surface area contributed by atoms with Crippen molar-refractivity contribution < 1.29 is 20.4 Å². The molecule has 2 aromatic rings.